The minimum absolute atomic E-state index is 0.207. The van der Waals surface area contributed by atoms with Gasteiger partial charge >= 0.3 is 0 Å². The molecule has 0 radical (unpaired) electrons. The highest BCUT2D eigenvalue weighted by Gasteiger charge is 2.26. The first-order valence-electron chi connectivity index (χ1n) is 16.4. The SMILES string of the molecule is Cc1cc(-c2cncc(CN3CCC(N(Cc4ccnc(-c5cc(C)c(C)c(C)c5)c4)c4ccc(F)cc4)CC3)c2)cc(C)c1C. The van der Waals surface area contributed by atoms with Gasteiger partial charge in [0.15, 0.2) is 0 Å². The molecule has 5 heteroatoms. The van der Waals surface area contributed by atoms with Crippen LogP contribution in [0.1, 0.15) is 57.3 Å². The first kappa shape index (κ1) is 31.6. The van der Waals surface area contributed by atoms with E-state index in [9.17, 15) is 4.39 Å². The van der Waals surface area contributed by atoms with Crippen molar-refractivity contribution in [3.8, 4) is 22.4 Å². The molecule has 1 aliphatic rings. The maximum Gasteiger partial charge on any atom is 0.123 e. The van der Waals surface area contributed by atoms with Gasteiger partial charge in [-0.1, -0.05) is 12.1 Å². The minimum Gasteiger partial charge on any atom is -0.364 e. The van der Waals surface area contributed by atoms with E-state index in [0.717, 1.165) is 56.0 Å². The number of nitrogens with zero attached hydrogens (tertiary/aromatic N) is 4. The summed E-state index contributed by atoms with van der Waals surface area (Å²) in [7, 11) is 0. The van der Waals surface area contributed by atoms with Crippen LogP contribution in [-0.4, -0.2) is 34.0 Å². The predicted octanol–water partition coefficient (Wildman–Crippen LogP) is 9.47. The van der Waals surface area contributed by atoms with E-state index in [2.05, 4.69) is 98.8 Å². The number of likely N-dealkylation sites (tertiary alicyclic amines) is 1. The molecule has 0 amide bonds. The zero-order valence-corrected chi connectivity index (χ0v) is 28.1. The van der Waals surface area contributed by atoms with Crippen LogP contribution in [0.25, 0.3) is 22.4 Å². The van der Waals surface area contributed by atoms with Gasteiger partial charge in [0, 0.05) is 67.6 Å². The number of piperidine rings is 1. The maximum atomic E-state index is 14.0. The molecule has 0 aliphatic carbocycles. The predicted molar refractivity (Wildman–Crippen MR) is 189 cm³/mol. The van der Waals surface area contributed by atoms with Gasteiger partial charge in [0.2, 0.25) is 0 Å². The zero-order valence-electron chi connectivity index (χ0n) is 28.1. The van der Waals surface area contributed by atoms with Gasteiger partial charge in [0.05, 0.1) is 5.69 Å². The molecule has 5 aromatic rings. The van der Waals surface area contributed by atoms with Crippen molar-refractivity contribution >= 4 is 5.69 Å². The molecule has 0 bridgehead atoms. The number of benzene rings is 3. The number of halogens is 1. The van der Waals surface area contributed by atoms with E-state index in [4.69, 9.17) is 4.98 Å². The lowest BCUT2D eigenvalue weighted by atomic mass is 9.96. The summed E-state index contributed by atoms with van der Waals surface area (Å²) >= 11 is 0. The molecule has 46 heavy (non-hydrogen) atoms. The van der Waals surface area contributed by atoms with Gasteiger partial charge in [-0.15, -0.1) is 0 Å². The Balaban J connectivity index is 1.17. The number of aryl methyl sites for hydroxylation is 4. The Morgan fingerprint density at radius 1 is 0.696 bits per heavy atom. The largest absolute Gasteiger partial charge is 0.364 e. The van der Waals surface area contributed by atoms with Crippen molar-refractivity contribution in [3.63, 3.8) is 0 Å². The summed E-state index contributed by atoms with van der Waals surface area (Å²) in [5.74, 6) is -0.207. The second-order valence-electron chi connectivity index (χ2n) is 13.2. The topological polar surface area (TPSA) is 32.3 Å². The van der Waals surface area contributed by atoms with Crippen molar-refractivity contribution in [2.75, 3.05) is 18.0 Å². The summed E-state index contributed by atoms with van der Waals surface area (Å²) in [6.07, 6.45) is 7.98. The molecule has 4 nitrogen and oxygen atoms in total. The normalized spacial score (nSPS) is 14.1. The van der Waals surface area contributed by atoms with E-state index in [1.807, 2.05) is 30.7 Å². The van der Waals surface area contributed by atoms with Crippen molar-refractivity contribution in [1.29, 1.82) is 0 Å². The summed E-state index contributed by atoms with van der Waals surface area (Å²) in [5, 5.41) is 0. The van der Waals surface area contributed by atoms with E-state index in [1.54, 1.807) is 12.1 Å². The third-order valence-corrected chi connectivity index (χ3v) is 10.0. The van der Waals surface area contributed by atoms with Crippen LogP contribution in [0.4, 0.5) is 10.1 Å². The molecule has 0 unspecified atom stereocenters. The molecular formula is C41H45FN4. The summed E-state index contributed by atoms with van der Waals surface area (Å²) in [4.78, 5) is 14.4. The lowest BCUT2D eigenvalue weighted by Crippen LogP contribution is -2.44. The van der Waals surface area contributed by atoms with Crippen molar-refractivity contribution in [2.45, 2.75) is 73.5 Å². The standard InChI is InChI=1S/C41H45FN4/c1-27-17-35(18-28(2)31(27)5)37-21-34(23-43-24-37)25-45-15-12-40(13-16-45)46(39-9-7-38(42)8-10-39)26-33-11-14-44-41(22-33)36-19-29(3)32(6)30(4)20-36/h7-11,14,17-24,40H,12-13,15-16,25-26H2,1-6H3. The Morgan fingerprint density at radius 3 is 1.93 bits per heavy atom. The van der Waals surface area contributed by atoms with E-state index < -0.39 is 0 Å². The van der Waals surface area contributed by atoms with Gasteiger partial charge < -0.3 is 4.90 Å². The number of pyridine rings is 2. The average Bonchev–Trinajstić information content (AvgIpc) is 3.06. The minimum atomic E-state index is -0.207. The Labute approximate surface area is 274 Å². The number of rotatable bonds is 8. The zero-order chi connectivity index (χ0) is 32.4. The second kappa shape index (κ2) is 13.6. The van der Waals surface area contributed by atoms with Crippen LogP contribution >= 0.6 is 0 Å². The van der Waals surface area contributed by atoms with Crippen LogP contribution in [0.5, 0.6) is 0 Å². The summed E-state index contributed by atoms with van der Waals surface area (Å²) in [5.41, 5.74) is 15.9. The van der Waals surface area contributed by atoms with E-state index in [1.165, 1.54) is 55.6 Å². The van der Waals surface area contributed by atoms with Crippen LogP contribution in [-0.2, 0) is 13.1 Å². The van der Waals surface area contributed by atoms with Gasteiger partial charge in [0.25, 0.3) is 0 Å². The number of hydrogen-bond acceptors (Lipinski definition) is 4. The van der Waals surface area contributed by atoms with Gasteiger partial charge in [-0.2, -0.15) is 0 Å². The smallest absolute Gasteiger partial charge is 0.123 e. The summed E-state index contributed by atoms with van der Waals surface area (Å²) in [6, 6.07) is 23.0. The van der Waals surface area contributed by atoms with Gasteiger partial charge in [-0.3, -0.25) is 14.9 Å². The molecular weight excluding hydrogens is 567 g/mol. The molecule has 236 valence electrons. The maximum absolute atomic E-state index is 14.0. The molecule has 6 rings (SSSR count). The van der Waals surface area contributed by atoms with Crippen LogP contribution < -0.4 is 4.90 Å². The third kappa shape index (κ3) is 7.05. The lowest BCUT2D eigenvalue weighted by Gasteiger charge is -2.40. The van der Waals surface area contributed by atoms with Gasteiger partial charge in [0.1, 0.15) is 5.82 Å². The Bertz CT molecular complexity index is 1790. The highest BCUT2D eigenvalue weighted by molar-refractivity contribution is 5.66. The fraction of sp³-hybridized carbons (Fsp3) is 0.317. The fourth-order valence-electron chi connectivity index (χ4n) is 6.76. The van der Waals surface area contributed by atoms with Crippen molar-refractivity contribution in [2.24, 2.45) is 0 Å². The Morgan fingerprint density at radius 2 is 1.30 bits per heavy atom. The molecule has 0 spiro atoms. The molecule has 3 heterocycles. The van der Waals surface area contributed by atoms with Gasteiger partial charge in [-0.05, 0) is 159 Å². The van der Waals surface area contributed by atoms with Gasteiger partial charge in [-0.25, -0.2) is 4.39 Å². The first-order valence-corrected chi connectivity index (χ1v) is 16.4. The van der Waals surface area contributed by atoms with Crippen LogP contribution in [0, 0.1) is 47.4 Å². The van der Waals surface area contributed by atoms with Crippen LogP contribution in [0.2, 0.25) is 0 Å². The van der Waals surface area contributed by atoms with Crippen LogP contribution in [0.3, 0.4) is 0 Å². The highest BCUT2D eigenvalue weighted by Crippen LogP contribution is 2.30. The quantitative estimate of drug-likeness (QED) is 0.175. The average molecular weight is 613 g/mol. The van der Waals surface area contributed by atoms with Crippen molar-refractivity contribution < 1.29 is 4.39 Å². The summed E-state index contributed by atoms with van der Waals surface area (Å²) in [6.45, 7) is 16.7. The molecule has 1 fully saturated rings. The van der Waals surface area contributed by atoms with Crippen molar-refractivity contribution in [1.82, 2.24) is 14.9 Å². The first-order chi connectivity index (χ1) is 22.1. The molecule has 3 aromatic carbocycles. The molecule has 0 saturated carbocycles. The summed E-state index contributed by atoms with van der Waals surface area (Å²) < 4.78 is 14.0. The van der Waals surface area contributed by atoms with Crippen LogP contribution in [0.15, 0.2) is 85.3 Å². The Kier molecular flexibility index (Phi) is 9.32. The van der Waals surface area contributed by atoms with Crippen molar-refractivity contribution in [3.05, 3.63) is 136 Å². The van der Waals surface area contributed by atoms with E-state index >= 15 is 0 Å². The molecule has 0 N–H and O–H groups in total. The molecule has 2 aromatic heterocycles. The second-order valence-corrected chi connectivity index (χ2v) is 13.2. The molecule has 1 saturated heterocycles. The number of aromatic nitrogens is 2. The Hall–Kier alpha value is -4.35. The third-order valence-electron chi connectivity index (χ3n) is 10.0. The number of anilines is 1. The monoisotopic (exact) mass is 612 g/mol. The molecule has 1 aliphatic heterocycles. The molecule has 0 atom stereocenters. The highest BCUT2D eigenvalue weighted by atomic mass is 19.1. The lowest BCUT2D eigenvalue weighted by molar-refractivity contribution is 0.200. The van der Waals surface area contributed by atoms with E-state index in [-0.39, 0.29) is 5.82 Å². The fourth-order valence-corrected chi connectivity index (χ4v) is 6.76. The van der Waals surface area contributed by atoms with E-state index in [0.29, 0.717) is 6.04 Å². The number of hydrogen-bond donors (Lipinski definition) is 0.